The molecule has 5 nitrogen and oxygen atoms in total. The van der Waals surface area contributed by atoms with Gasteiger partial charge in [-0.2, -0.15) is 0 Å². The lowest BCUT2D eigenvalue weighted by atomic mass is 10.1. The fraction of sp³-hybridized carbons (Fsp3) is 0.286. The Kier molecular flexibility index (Phi) is 6.93. The SMILES string of the molecule is C=C(C)CN(CC)C(=O)c1cccc(S(=O)(=O)NC(C)c2ccccc2)c1. The van der Waals surface area contributed by atoms with E-state index in [1.165, 1.54) is 12.1 Å². The lowest BCUT2D eigenvalue weighted by molar-refractivity contribution is 0.0778. The molecule has 0 saturated heterocycles. The molecular weight excluding hydrogens is 360 g/mol. The van der Waals surface area contributed by atoms with Gasteiger partial charge in [0.05, 0.1) is 4.90 Å². The normalized spacial score (nSPS) is 12.4. The van der Waals surface area contributed by atoms with Crippen molar-refractivity contribution in [1.29, 1.82) is 0 Å². The fourth-order valence-corrected chi connectivity index (χ4v) is 4.02. The summed E-state index contributed by atoms with van der Waals surface area (Å²) in [5, 5.41) is 0. The molecular formula is C21H26N2O3S. The number of hydrogen-bond acceptors (Lipinski definition) is 3. The molecule has 0 aliphatic heterocycles. The van der Waals surface area contributed by atoms with Crippen LogP contribution in [0.25, 0.3) is 0 Å². The molecule has 2 aromatic carbocycles. The van der Waals surface area contributed by atoms with Crippen LogP contribution in [0.3, 0.4) is 0 Å². The molecule has 0 radical (unpaired) electrons. The van der Waals surface area contributed by atoms with Crippen molar-refractivity contribution in [3.63, 3.8) is 0 Å². The van der Waals surface area contributed by atoms with Gasteiger partial charge in [0.15, 0.2) is 0 Å². The van der Waals surface area contributed by atoms with Crippen molar-refractivity contribution in [3.8, 4) is 0 Å². The largest absolute Gasteiger partial charge is 0.335 e. The van der Waals surface area contributed by atoms with Gasteiger partial charge in [-0.1, -0.05) is 48.6 Å². The third kappa shape index (κ3) is 5.52. The minimum absolute atomic E-state index is 0.0718. The van der Waals surface area contributed by atoms with Crippen molar-refractivity contribution < 1.29 is 13.2 Å². The number of benzene rings is 2. The van der Waals surface area contributed by atoms with Crippen LogP contribution >= 0.6 is 0 Å². The van der Waals surface area contributed by atoms with E-state index >= 15 is 0 Å². The van der Waals surface area contributed by atoms with Gasteiger partial charge in [-0.05, 0) is 44.5 Å². The summed E-state index contributed by atoms with van der Waals surface area (Å²) >= 11 is 0. The number of nitrogens with zero attached hydrogens (tertiary/aromatic N) is 1. The highest BCUT2D eigenvalue weighted by Gasteiger charge is 2.21. The molecule has 0 aliphatic rings. The first-order valence-electron chi connectivity index (χ1n) is 8.85. The molecule has 0 aliphatic carbocycles. The Morgan fingerprint density at radius 3 is 2.41 bits per heavy atom. The first kappa shape index (κ1) is 20.9. The molecule has 1 N–H and O–H groups in total. The summed E-state index contributed by atoms with van der Waals surface area (Å²) in [5.41, 5.74) is 2.08. The number of carbonyl (C=O) groups excluding carboxylic acids is 1. The van der Waals surface area contributed by atoms with E-state index in [0.717, 1.165) is 11.1 Å². The molecule has 1 amide bonds. The van der Waals surface area contributed by atoms with Crippen LogP contribution in [0, 0.1) is 0 Å². The van der Waals surface area contributed by atoms with Crippen LogP contribution < -0.4 is 4.72 Å². The van der Waals surface area contributed by atoms with E-state index in [0.29, 0.717) is 18.7 Å². The van der Waals surface area contributed by atoms with Gasteiger partial charge in [-0.15, -0.1) is 0 Å². The van der Waals surface area contributed by atoms with E-state index < -0.39 is 10.0 Å². The molecule has 2 rings (SSSR count). The van der Waals surface area contributed by atoms with E-state index in [9.17, 15) is 13.2 Å². The highest BCUT2D eigenvalue weighted by molar-refractivity contribution is 7.89. The highest BCUT2D eigenvalue weighted by Crippen LogP contribution is 2.18. The summed E-state index contributed by atoms with van der Waals surface area (Å²) in [6, 6.07) is 15.1. The molecule has 1 unspecified atom stereocenters. The Balaban J connectivity index is 2.25. The lowest BCUT2D eigenvalue weighted by Crippen LogP contribution is -2.32. The Morgan fingerprint density at radius 2 is 1.81 bits per heavy atom. The average Bonchev–Trinajstić information content (AvgIpc) is 2.66. The van der Waals surface area contributed by atoms with Gasteiger partial charge in [0, 0.05) is 24.7 Å². The topological polar surface area (TPSA) is 66.5 Å². The second-order valence-corrected chi connectivity index (χ2v) is 8.27. The summed E-state index contributed by atoms with van der Waals surface area (Å²) in [6.07, 6.45) is 0. The number of nitrogens with one attached hydrogen (secondary N) is 1. The number of likely N-dealkylation sites (N-methyl/N-ethyl adjacent to an activating group) is 1. The van der Waals surface area contributed by atoms with Crippen molar-refractivity contribution in [2.75, 3.05) is 13.1 Å². The quantitative estimate of drug-likeness (QED) is 0.703. The van der Waals surface area contributed by atoms with Crippen LogP contribution in [0.1, 0.15) is 42.7 Å². The molecule has 1 atom stereocenters. The van der Waals surface area contributed by atoms with Gasteiger partial charge in [0.2, 0.25) is 10.0 Å². The van der Waals surface area contributed by atoms with E-state index in [-0.39, 0.29) is 16.8 Å². The van der Waals surface area contributed by atoms with Gasteiger partial charge in [0.1, 0.15) is 0 Å². The number of rotatable bonds is 8. The van der Waals surface area contributed by atoms with Crippen LogP contribution in [-0.2, 0) is 10.0 Å². The van der Waals surface area contributed by atoms with Gasteiger partial charge in [-0.3, -0.25) is 4.79 Å². The molecule has 0 fully saturated rings. The minimum Gasteiger partial charge on any atom is -0.335 e. The standard InChI is InChI=1S/C21H26N2O3S/c1-5-23(15-16(2)3)21(24)19-12-9-13-20(14-19)27(25,26)22-17(4)18-10-7-6-8-11-18/h6-14,17,22H,2,5,15H2,1,3-4H3. The Hall–Kier alpha value is -2.44. The van der Waals surface area contributed by atoms with Crippen molar-refractivity contribution >= 4 is 15.9 Å². The maximum atomic E-state index is 12.8. The van der Waals surface area contributed by atoms with Crippen molar-refractivity contribution in [3.05, 3.63) is 77.9 Å². The van der Waals surface area contributed by atoms with Crippen molar-refractivity contribution in [2.24, 2.45) is 0 Å². The predicted octanol–water partition coefficient (Wildman–Crippen LogP) is 3.76. The van der Waals surface area contributed by atoms with Gasteiger partial charge in [0.25, 0.3) is 5.91 Å². The molecule has 2 aromatic rings. The molecule has 6 heteroatoms. The number of amides is 1. The maximum absolute atomic E-state index is 12.8. The zero-order chi connectivity index (χ0) is 20.0. The van der Waals surface area contributed by atoms with E-state index in [4.69, 9.17) is 0 Å². The van der Waals surface area contributed by atoms with Crippen LogP contribution in [0.4, 0.5) is 0 Å². The van der Waals surface area contributed by atoms with Gasteiger partial charge < -0.3 is 4.90 Å². The van der Waals surface area contributed by atoms with Crippen LogP contribution in [0.5, 0.6) is 0 Å². The minimum atomic E-state index is -3.76. The average molecular weight is 387 g/mol. The van der Waals surface area contributed by atoms with E-state index in [1.54, 1.807) is 24.0 Å². The summed E-state index contributed by atoms with van der Waals surface area (Å²) in [7, 11) is -3.76. The Morgan fingerprint density at radius 1 is 1.15 bits per heavy atom. The zero-order valence-electron chi connectivity index (χ0n) is 16.0. The Labute approximate surface area is 161 Å². The zero-order valence-corrected chi connectivity index (χ0v) is 16.8. The van der Waals surface area contributed by atoms with Crippen LogP contribution in [-0.4, -0.2) is 32.3 Å². The highest BCUT2D eigenvalue weighted by atomic mass is 32.2. The molecule has 0 saturated carbocycles. The predicted molar refractivity (Wildman–Crippen MR) is 108 cm³/mol. The summed E-state index contributed by atoms with van der Waals surface area (Å²) in [4.78, 5) is 14.4. The smallest absolute Gasteiger partial charge is 0.254 e. The number of sulfonamides is 1. The molecule has 27 heavy (non-hydrogen) atoms. The van der Waals surface area contributed by atoms with Crippen molar-refractivity contribution in [2.45, 2.75) is 31.7 Å². The molecule has 0 spiro atoms. The molecule has 0 bridgehead atoms. The van der Waals surface area contributed by atoms with Gasteiger partial charge in [-0.25, -0.2) is 13.1 Å². The molecule has 0 heterocycles. The van der Waals surface area contributed by atoms with Gasteiger partial charge >= 0.3 is 0 Å². The third-order valence-corrected chi connectivity index (χ3v) is 5.69. The lowest BCUT2D eigenvalue weighted by Gasteiger charge is -2.21. The Bertz CT molecular complexity index is 908. The summed E-state index contributed by atoms with van der Waals surface area (Å²) < 4.78 is 28.2. The number of carbonyl (C=O) groups is 1. The van der Waals surface area contributed by atoms with Crippen LogP contribution in [0.15, 0.2) is 71.6 Å². The summed E-state index contributed by atoms with van der Waals surface area (Å²) in [6.45, 7) is 10.3. The third-order valence-electron chi connectivity index (χ3n) is 4.15. The second kappa shape index (κ2) is 8.97. The first-order valence-corrected chi connectivity index (χ1v) is 10.3. The van der Waals surface area contributed by atoms with Crippen molar-refractivity contribution in [1.82, 2.24) is 9.62 Å². The molecule has 0 aromatic heterocycles. The second-order valence-electron chi connectivity index (χ2n) is 6.56. The van der Waals surface area contributed by atoms with Crippen LogP contribution in [0.2, 0.25) is 0 Å². The number of hydrogen-bond donors (Lipinski definition) is 1. The molecule has 144 valence electrons. The first-order chi connectivity index (χ1) is 12.7. The monoisotopic (exact) mass is 386 g/mol. The summed E-state index contributed by atoms with van der Waals surface area (Å²) in [5.74, 6) is -0.214. The van der Waals surface area contributed by atoms with E-state index in [1.807, 2.05) is 44.2 Å². The van der Waals surface area contributed by atoms with E-state index in [2.05, 4.69) is 11.3 Å². The maximum Gasteiger partial charge on any atom is 0.254 e. The fourth-order valence-electron chi connectivity index (χ4n) is 2.74.